The van der Waals surface area contributed by atoms with Crippen LogP contribution in [0, 0.1) is 6.92 Å². The molecule has 0 aliphatic rings. The van der Waals surface area contributed by atoms with Gasteiger partial charge in [-0.25, -0.2) is 8.42 Å². The maximum Gasteiger partial charge on any atom is 0.125 e. The molecule has 2 rings (SSSR count). The van der Waals surface area contributed by atoms with Gasteiger partial charge in [-0.1, -0.05) is 59.7 Å². The Balaban J connectivity index is 3.23. The van der Waals surface area contributed by atoms with Gasteiger partial charge in [0.1, 0.15) is 10.1 Å². The molecule has 0 amide bonds. The molecule has 0 spiro atoms. The zero-order valence-corrected chi connectivity index (χ0v) is 15.8. The van der Waals surface area contributed by atoms with Gasteiger partial charge in [-0.2, -0.15) is 0 Å². The molecular formula is C19H25O3S-. The molecule has 0 fully saturated rings. The van der Waals surface area contributed by atoms with Crippen LogP contribution in [0.25, 0.3) is 10.8 Å². The van der Waals surface area contributed by atoms with E-state index < -0.39 is 20.9 Å². The lowest BCUT2D eigenvalue weighted by Crippen LogP contribution is -2.24. The first-order valence-corrected chi connectivity index (χ1v) is 9.18. The number of hydrogen-bond acceptors (Lipinski definition) is 3. The largest absolute Gasteiger partial charge is 0.744 e. The van der Waals surface area contributed by atoms with Gasteiger partial charge in [0.2, 0.25) is 0 Å². The summed E-state index contributed by atoms with van der Waals surface area (Å²) in [6, 6.07) is 7.70. The first-order chi connectivity index (χ1) is 10.2. The predicted octanol–water partition coefficient (Wildman–Crippen LogP) is 4.65. The van der Waals surface area contributed by atoms with Gasteiger partial charge < -0.3 is 4.55 Å². The molecule has 23 heavy (non-hydrogen) atoms. The molecule has 0 saturated heterocycles. The van der Waals surface area contributed by atoms with Crippen molar-refractivity contribution in [2.24, 2.45) is 0 Å². The maximum atomic E-state index is 12.1. The van der Waals surface area contributed by atoms with Gasteiger partial charge in [0.05, 0.1) is 4.90 Å². The third kappa shape index (κ3) is 3.29. The highest BCUT2D eigenvalue weighted by Gasteiger charge is 2.31. The summed E-state index contributed by atoms with van der Waals surface area (Å²) in [7, 11) is -4.58. The van der Waals surface area contributed by atoms with Crippen molar-refractivity contribution in [2.75, 3.05) is 0 Å². The van der Waals surface area contributed by atoms with E-state index in [9.17, 15) is 13.0 Å². The minimum Gasteiger partial charge on any atom is -0.744 e. The molecular weight excluding hydrogens is 308 g/mol. The average Bonchev–Trinajstić information content (AvgIpc) is 2.33. The summed E-state index contributed by atoms with van der Waals surface area (Å²) in [5, 5.41) is 1.86. The molecule has 0 atom stereocenters. The summed E-state index contributed by atoms with van der Waals surface area (Å²) in [4.78, 5) is -0.0457. The lowest BCUT2D eigenvalue weighted by molar-refractivity contribution is 0.451. The van der Waals surface area contributed by atoms with Gasteiger partial charge >= 0.3 is 0 Å². The zero-order chi connectivity index (χ0) is 17.8. The van der Waals surface area contributed by atoms with E-state index in [2.05, 4.69) is 0 Å². The Hall–Kier alpha value is -1.39. The molecule has 3 nitrogen and oxygen atoms in total. The third-order valence-electron chi connectivity index (χ3n) is 4.16. The summed E-state index contributed by atoms with van der Waals surface area (Å²) in [5.41, 5.74) is 1.40. The Morgan fingerprint density at radius 3 is 1.91 bits per heavy atom. The summed E-state index contributed by atoms with van der Waals surface area (Å²) >= 11 is 0. The lowest BCUT2D eigenvalue weighted by Gasteiger charge is -2.32. The normalized spacial score (nSPS) is 13.6. The van der Waals surface area contributed by atoms with Crippen molar-refractivity contribution < 1.29 is 13.0 Å². The lowest BCUT2D eigenvalue weighted by atomic mass is 9.77. The molecule has 0 bridgehead atoms. The average molecular weight is 333 g/mol. The number of fused-ring (bicyclic) bond motifs is 1. The van der Waals surface area contributed by atoms with E-state index >= 15 is 0 Å². The second-order valence-corrected chi connectivity index (χ2v) is 9.57. The molecule has 0 aromatic heterocycles. The molecule has 126 valence electrons. The molecule has 0 heterocycles. The highest BCUT2D eigenvalue weighted by atomic mass is 32.2. The van der Waals surface area contributed by atoms with Gasteiger partial charge in [-0.15, -0.1) is 0 Å². The van der Waals surface area contributed by atoms with Gasteiger partial charge in [0, 0.05) is 0 Å². The van der Waals surface area contributed by atoms with Crippen molar-refractivity contribution in [1.29, 1.82) is 0 Å². The number of hydrogen-bond donors (Lipinski definition) is 0. The molecule has 0 saturated carbocycles. The number of benzene rings is 2. The van der Waals surface area contributed by atoms with E-state index in [1.807, 2.05) is 72.7 Å². The van der Waals surface area contributed by atoms with Crippen LogP contribution in [-0.4, -0.2) is 13.0 Å². The topological polar surface area (TPSA) is 57.2 Å². The fourth-order valence-corrected chi connectivity index (χ4v) is 4.42. The van der Waals surface area contributed by atoms with Crippen LogP contribution >= 0.6 is 0 Å². The van der Waals surface area contributed by atoms with Gasteiger partial charge in [0.25, 0.3) is 0 Å². The number of rotatable bonds is 1. The van der Waals surface area contributed by atoms with E-state index in [1.54, 1.807) is 0 Å². The van der Waals surface area contributed by atoms with Gasteiger partial charge in [0.15, 0.2) is 0 Å². The molecule has 4 heteroatoms. The summed E-state index contributed by atoms with van der Waals surface area (Å²) in [6.45, 7) is 13.7. The first kappa shape index (κ1) is 18.0. The van der Waals surface area contributed by atoms with E-state index in [0.29, 0.717) is 11.1 Å². The predicted molar refractivity (Wildman–Crippen MR) is 94.0 cm³/mol. The van der Waals surface area contributed by atoms with Crippen LogP contribution < -0.4 is 0 Å². The molecule has 2 aromatic rings. The van der Waals surface area contributed by atoms with Gasteiger partial charge in [-0.05, 0) is 51.3 Å². The van der Waals surface area contributed by atoms with Crippen LogP contribution in [-0.2, 0) is 20.9 Å². The van der Waals surface area contributed by atoms with E-state index in [0.717, 1.165) is 16.3 Å². The van der Waals surface area contributed by atoms with Crippen molar-refractivity contribution >= 4 is 20.9 Å². The van der Waals surface area contributed by atoms with E-state index in [-0.39, 0.29) is 4.90 Å². The molecule has 0 unspecified atom stereocenters. The van der Waals surface area contributed by atoms with Crippen molar-refractivity contribution in [3.8, 4) is 0 Å². The van der Waals surface area contributed by atoms with Crippen LogP contribution in [0.1, 0.15) is 58.2 Å². The fourth-order valence-electron chi connectivity index (χ4n) is 3.12. The van der Waals surface area contributed by atoms with Crippen LogP contribution in [0.3, 0.4) is 0 Å². The Kier molecular flexibility index (Phi) is 4.15. The van der Waals surface area contributed by atoms with Crippen molar-refractivity contribution in [3.05, 3.63) is 41.0 Å². The second-order valence-electron chi connectivity index (χ2n) is 8.25. The smallest absolute Gasteiger partial charge is 0.125 e. The van der Waals surface area contributed by atoms with Crippen molar-refractivity contribution in [2.45, 2.75) is 64.2 Å². The summed E-state index contributed by atoms with van der Waals surface area (Å²) in [6.07, 6.45) is 0. The van der Waals surface area contributed by atoms with Crippen LogP contribution in [0.2, 0.25) is 0 Å². The van der Waals surface area contributed by atoms with Crippen molar-refractivity contribution in [1.82, 2.24) is 0 Å². The van der Waals surface area contributed by atoms with Crippen LogP contribution in [0.15, 0.2) is 29.2 Å². The van der Waals surface area contributed by atoms with Crippen molar-refractivity contribution in [3.63, 3.8) is 0 Å². The standard InChI is InChI=1S/C19H26O3S/c1-12-9-8-10-13-14(12)11-15(18(2,3)4)17(23(20,21)22)16(13)19(5,6)7/h8-11H,1-7H3,(H,20,21,22)/p-1. The Morgan fingerprint density at radius 2 is 1.48 bits per heavy atom. The molecule has 0 N–H and O–H groups in total. The van der Waals surface area contributed by atoms with Crippen LogP contribution in [0.4, 0.5) is 0 Å². The first-order valence-electron chi connectivity index (χ1n) is 7.78. The summed E-state index contributed by atoms with van der Waals surface area (Å²) < 4.78 is 36.4. The van der Waals surface area contributed by atoms with Crippen LogP contribution in [0.5, 0.6) is 0 Å². The Bertz CT molecular complexity index is 864. The molecule has 0 aliphatic carbocycles. The zero-order valence-electron chi connectivity index (χ0n) is 14.9. The maximum absolute atomic E-state index is 12.1. The van der Waals surface area contributed by atoms with E-state index in [4.69, 9.17) is 0 Å². The highest BCUT2D eigenvalue weighted by molar-refractivity contribution is 7.85. The molecule has 0 aliphatic heterocycles. The van der Waals surface area contributed by atoms with E-state index in [1.165, 1.54) is 0 Å². The molecule has 0 radical (unpaired) electrons. The SMILES string of the molecule is Cc1cccc2c(C(C)(C)C)c(S(=O)(=O)[O-])c(C(C)(C)C)cc12. The second kappa shape index (κ2) is 5.32. The van der Waals surface area contributed by atoms with Gasteiger partial charge in [-0.3, -0.25) is 0 Å². The summed E-state index contributed by atoms with van der Waals surface area (Å²) in [5.74, 6) is 0. The minimum absolute atomic E-state index is 0.0457. The quantitative estimate of drug-likeness (QED) is 0.714. The Labute approximate surface area is 139 Å². The fraction of sp³-hybridized carbons (Fsp3) is 0.474. The number of aryl methyl sites for hydroxylation is 1. The molecule has 2 aromatic carbocycles. The Morgan fingerprint density at radius 1 is 0.913 bits per heavy atom. The third-order valence-corrected chi connectivity index (χ3v) is 5.09. The minimum atomic E-state index is -4.58. The highest BCUT2D eigenvalue weighted by Crippen LogP contribution is 2.42. The monoisotopic (exact) mass is 333 g/mol.